The third-order valence-corrected chi connectivity index (χ3v) is 4.74. The zero-order valence-electron chi connectivity index (χ0n) is 13.0. The lowest BCUT2D eigenvalue weighted by Gasteiger charge is -2.20. The molecule has 3 atom stereocenters. The van der Waals surface area contributed by atoms with Gasteiger partial charge in [0.25, 0.3) is 0 Å². The molecule has 0 radical (unpaired) electrons. The van der Waals surface area contributed by atoms with Crippen molar-refractivity contribution in [3.63, 3.8) is 0 Å². The fourth-order valence-electron chi connectivity index (χ4n) is 3.59. The zero-order chi connectivity index (χ0) is 15.6. The summed E-state index contributed by atoms with van der Waals surface area (Å²) in [5.41, 5.74) is 2.05. The highest BCUT2D eigenvalue weighted by Gasteiger charge is 2.41. The molecule has 122 valence electrons. The minimum Gasteiger partial charge on any atom is -0.373 e. The minimum atomic E-state index is -0.0873. The number of ether oxygens (including phenoxy) is 1. The van der Waals surface area contributed by atoms with Crippen molar-refractivity contribution in [2.24, 2.45) is 0 Å². The number of nitrogens with one attached hydrogen (secondary N) is 3. The summed E-state index contributed by atoms with van der Waals surface area (Å²) >= 11 is 0. The Kier molecular flexibility index (Phi) is 3.91. The number of rotatable bonds is 5. The lowest BCUT2D eigenvalue weighted by atomic mass is 9.96. The average Bonchev–Trinajstić information content (AvgIpc) is 3.25. The van der Waals surface area contributed by atoms with Crippen molar-refractivity contribution in [2.75, 3.05) is 6.54 Å². The molecule has 2 aliphatic rings. The summed E-state index contributed by atoms with van der Waals surface area (Å²) in [7, 11) is 0. The van der Waals surface area contributed by atoms with Crippen LogP contribution in [0, 0.1) is 0 Å². The van der Waals surface area contributed by atoms with Crippen molar-refractivity contribution in [1.82, 2.24) is 20.6 Å². The molecule has 3 heterocycles. The summed E-state index contributed by atoms with van der Waals surface area (Å²) in [4.78, 5) is 19.8. The van der Waals surface area contributed by atoms with Crippen molar-refractivity contribution < 1.29 is 9.53 Å². The summed E-state index contributed by atoms with van der Waals surface area (Å²) in [5, 5.41) is 5.96. The molecule has 23 heavy (non-hydrogen) atoms. The van der Waals surface area contributed by atoms with E-state index in [1.165, 1.54) is 0 Å². The first-order valence-corrected chi connectivity index (χ1v) is 8.41. The molecule has 2 aromatic rings. The number of para-hydroxylation sites is 2. The Morgan fingerprint density at radius 3 is 3.04 bits per heavy atom. The predicted octanol–water partition coefficient (Wildman–Crippen LogP) is 2.11. The highest BCUT2D eigenvalue weighted by Crippen LogP contribution is 2.34. The van der Waals surface area contributed by atoms with Gasteiger partial charge in [0.2, 0.25) is 0 Å². The first-order chi connectivity index (χ1) is 11.3. The van der Waals surface area contributed by atoms with Crippen molar-refractivity contribution >= 4 is 17.1 Å². The molecule has 2 fully saturated rings. The van der Waals surface area contributed by atoms with Gasteiger partial charge in [0, 0.05) is 13.0 Å². The van der Waals surface area contributed by atoms with E-state index in [0.717, 1.165) is 49.0 Å². The van der Waals surface area contributed by atoms with E-state index < -0.39 is 0 Å². The molecule has 3 N–H and O–H groups in total. The van der Waals surface area contributed by atoms with E-state index in [-0.39, 0.29) is 18.2 Å². The van der Waals surface area contributed by atoms with Gasteiger partial charge < -0.3 is 20.4 Å². The third-order valence-electron chi connectivity index (χ3n) is 4.74. The number of fused-ring (bicyclic) bond motifs is 3. The quantitative estimate of drug-likeness (QED) is 0.740. The van der Waals surface area contributed by atoms with E-state index in [1.54, 1.807) is 0 Å². The summed E-state index contributed by atoms with van der Waals surface area (Å²) < 4.78 is 5.74. The molecule has 1 aromatic carbocycles. The second-order valence-corrected chi connectivity index (χ2v) is 6.42. The first-order valence-electron chi connectivity index (χ1n) is 8.41. The lowest BCUT2D eigenvalue weighted by molar-refractivity contribution is 0.0981. The molecule has 4 rings (SSSR count). The second kappa shape index (κ2) is 6.20. The number of aryl methyl sites for hydroxylation is 1. The Hall–Kier alpha value is -2.08. The standard InChI is InChI=1S/C17H22N4O2/c22-17(21-14-10-11-7-8-15(14)23-11)18-9-3-6-16-19-12-4-1-2-5-13(12)20-16/h1-2,4-5,11,14-15H,3,6-10H2,(H,19,20)(H2,18,21,22)/t11-,14-,15+/m1/s1. The van der Waals surface area contributed by atoms with Crippen LogP contribution in [0.25, 0.3) is 11.0 Å². The topological polar surface area (TPSA) is 79.0 Å². The Morgan fingerprint density at radius 2 is 2.26 bits per heavy atom. The molecule has 0 saturated carbocycles. The first kappa shape index (κ1) is 14.5. The summed E-state index contributed by atoms with van der Waals surface area (Å²) in [5.74, 6) is 0.968. The van der Waals surface area contributed by atoms with Gasteiger partial charge in [-0.05, 0) is 37.8 Å². The van der Waals surface area contributed by atoms with Crippen molar-refractivity contribution in [3.8, 4) is 0 Å². The maximum atomic E-state index is 11.9. The van der Waals surface area contributed by atoms with E-state index in [0.29, 0.717) is 12.6 Å². The number of H-pyrrole nitrogens is 1. The highest BCUT2D eigenvalue weighted by molar-refractivity contribution is 5.75. The Balaban J connectivity index is 1.19. The number of amides is 2. The van der Waals surface area contributed by atoms with Crippen molar-refractivity contribution in [1.29, 1.82) is 0 Å². The molecule has 2 saturated heterocycles. The van der Waals surface area contributed by atoms with E-state index in [1.807, 2.05) is 24.3 Å². The number of urea groups is 1. The fourth-order valence-corrected chi connectivity index (χ4v) is 3.59. The number of benzene rings is 1. The summed E-state index contributed by atoms with van der Waals surface area (Å²) in [6.07, 6.45) is 5.44. The monoisotopic (exact) mass is 314 g/mol. The third kappa shape index (κ3) is 3.17. The predicted molar refractivity (Wildman–Crippen MR) is 87.2 cm³/mol. The van der Waals surface area contributed by atoms with Crippen molar-refractivity contribution in [3.05, 3.63) is 30.1 Å². The molecule has 2 bridgehead atoms. The number of hydrogen-bond donors (Lipinski definition) is 3. The van der Waals surface area contributed by atoms with Crippen LogP contribution in [-0.2, 0) is 11.2 Å². The molecular formula is C17H22N4O2. The van der Waals surface area contributed by atoms with Gasteiger partial charge >= 0.3 is 6.03 Å². The van der Waals surface area contributed by atoms with Gasteiger partial charge in [0.1, 0.15) is 5.82 Å². The number of imidazole rings is 1. The molecule has 2 amide bonds. The number of aromatic nitrogens is 2. The largest absolute Gasteiger partial charge is 0.373 e. The smallest absolute Gasteiger partial charge is 0.315 e. The maximum Gasteiger partial charge on any atom is 0.315 e. The Morgan fingerprint density at radius 1 is 1.35 bits per heavy atom. The number of carbonyl (C=O) groups is 1. The average molecular weight is 314 g/mol. The molecular weight excluding hydrogens is 292 g/mol. The fraction of sp³-hybridized carbons (Fsp3) is 0.529. The van der Waals surface area contributed by atoms with Gasteiger partial charge in [-0.25, -0.2) is 9.78 Å². The van der Waals surface area contributed by atoms with E-state index >= 15 is 0 Å². The molecule has 0 spiro atoms. The van der Waals surface area contributed by atoms with E-state index in [9.17, 15) is 4.79 Å². The summed E-state index contributed by atoms with van der Waals surface area (Å²) in [6.45, 7) is 0.643. The Bertz CT molecular complexity index is 666. The SMILES string of the molecule is O=C(NCCCc1nc2ccccc2[nH]1)N[C@@H]1C[C@H]2CC[C@@H]1O2. The van der Waals surface area contributed by atoms with Crippen LogP contribution < -0.4 is 10.6 Å². The van der Waals surface area contributed by atoms with Crippen LogP contribution in [0.5, 0.6) is 0 Å². The van der Waals surface area contributed by atoms with Crippen LogP contribution in [0.3, 0.4) is 0 Å². The normalized spacial score (nSPS) is 25.8. The zero-order valence-corrected chi connectivity index (χ0v) is 13.0. The van der Waals surface area contributed by atoms with Gasteiger partial charge in [-0.15, -0.1) is 0 Å². The van der Waals surface area contributed by atoms with Gasteiger partial charge in [-0.1, -0.05) is 12.1 Å². The molecule has 1 aromatic heterocycles. The van der Waals surface area contributed by atoms with E-state index in [4.69, 9.17) is 4.74 Å². The highest BCUT2D eigenvalue weighted by atomic mass is 16.5. The van der Waals surface area contributed by atoms with Gasteiger partial charge in [0.15, 0.2) is 0 Å². The molecule has 2 aliphatic heterocycles. The number of hydrogen-bond acceptors (Lipinski definition) is 3. The van der Waals surface area contributed by atoms with Crippen molar-refractivity contribution in [2.45, 2.75) is 50.4 Å². The number of carbonyl (C=O) groups excluding carboxylic acids is 1. The lowest BCUT2D eigenvalue weighted by Crippen LogP contribution is -2.46. The second-order valence-electron chi connectivity index (χ2n) is 6.42. The molecule has 0 aliphatic carbocycles. The van der Waals surface area contributed by atoms with Crippen LogP contribution in [0.2, 0.25) is 0 Å². The van der Waals surface area contributed by atoms with Crippen LogP contribution in [0.15, 0.2) is 24.3 Å². The minimum absolute atomic E-state index is 0.0873. The van der Waals surface area contributed by atoms with Gasteiger partial charge in [-0.3, -0.25) is 0 Å². The van der Waals surface area contributed by atoms with Gasteiger partial charge in [0.05, 0.1) is 29.3 Å². The maximum absolute atomic E-state index is 11.9. The number of nitrogens with zero attached hydrogens (tertiary/aromatic N) is 1. The van der Waals surface area contributed by atoms with Crippen LogP contribution >= 0.6 is 0 Å². The Labute approximate surface area is 135 Å². The van der Waals surface area contributed by atoms with Crippen LogP contribution in [-0.4, -0.2) is 40.8 Å². The molecule has 6 heteroatoms. The van der Waals surface area contributed by atoms with E-state index in [2.05, 4.69) is 20.6 Å². The molecule has 6 nitrogen and oxygen atoms in total. The van der Waals surface area contributed by atoms with Crippen LogP contribution in [0.1, 0.15) is 31.5 Å². The summed E-state index contributed by atoms with van der Waals surface area (Å²) in [6, 6.07) is 8.10. The molecule has 0 unspecified atom stereocenters. The van der Waals surface area contributed by atoms with Crippen LogP contribution in [0.4, 0.5) is 4.79 Å². The number of aromatic amines is 1. The van der Waals surface area contributed by atoms with Gasteiger partial charge in [-0.2, -0.15) is 0 Å².